The van der Waals surface area contributed by atoms with Crippen LogP contribution in [0.3, 0.4) is 0 Å². The maximum Gasteiger partial charge on any atom is 0.255 e. The summed E-state index contributed by atoms with van der Waals surface area (Å²) in [5, 5.41) is 4.53. The number of carbonyl (C=O) groups excluding carboxylic acids is 1. The largest absolute Gasteiger partial charge is 0.335 e. The minimum Gasteiger partial charge on any atom is -0.335 e. The van der Waals surface area contributed by atoms with Gasteiger partial charge in [-0.1, -0.05) is 39.7 Å². The molecule has 0 saturated heterocycles. The quantitative estimate of drug-likeness (QED) is 0.625. The van der Waals surface area contributed by atoms with Crippen LogP contribution in [0, 0.1) is 0 Å². The molecule has 7 heteroatoms. The van der Waals surface area contributed by atoms with Gasteiger partial charge in [-0.25, -0.2) is 9.67 Å². The molecule has 0 aliphatic carbocycles. The van der Waals surface area contributed by atoms with E-state index in [1.165, 1.54) is 6.33 Å². The van der Waals surface area contributed by atoms with Crippen molar-refractivity contribution in [3.05, 3.63) is 75.7 Å². The van der Waals surface area contributed by atoms with Crippen molar-refractivity contribution < 1.29 is 4.79 Å². The smallest absolute Gasteiger partial charge is 0.255 e. The fourth-order valence-electron chi connectivity index (χ4n) is 2.50. The van der Waals surface area contributed by atoms with Crippen molar-refractivity contribution >= 4 is 33.4 Å². The molecule has 0 saturated carbocycles. The van der Waals surface area contributed by atoms with Crippen molar-refractivity contribution in [3.63, 3.8) is 0 Å². The van der Waals surface area contributed by atoms with Gasteiger partial charge in [0.15, 0.2) is 0 Å². The van der Waals surface area contributed by atoms with E-state index < -0.39 is 0 Å². The van der Waals surface area contributed by atoms with Crippen LogP contribution in [0.2, 0.25) is 5.02 Å². The zero-order valence-electron chi connectivity index (χ0n) is 13.7. The molecule has 1 unspecified atom stereocenters. The third-order valence-corrected chi connectivity index (χ3v) is 4.93. The Bertz CT molecular complexity index is 881. The summed E-state index contributed by atoms with van der Waals surface area (Å²) in [7, 11) is 1.77. The van der Waals surface area contributed by atoms with Crippen LogP contribution >= 0.6 is 27.5 Å². The minimum atomic E-state index is -0.120. The Labute approximate surface area is 159 Å². The van der Waals surface area contributed by atoms with Crippen LogP contribution in [-0.4, -0.2) is 32.6 Å². The van der Waals surface area contributed by atoms with E-state index in [1.54, 1.807) is 35.1 Å². The molecule has 0 aliphatic heterocycles. The van der Waals surface area contributed by atoms with E-state index in [0.29, 0.717) is 10.6 Å². The number of benzene rings is 2. The number of carbonyl (C=O) groups is 1. The van der Waals surface area contributed by atoms with Gasteiger partial charge in [-0.05, 0) is 42.8 Å². The van der Waals surface area contributed by atoms with Crippen LogP contribution in [0.5, 0.6) is 0 Å². The first kappa shape index (κ1) is 17.6. The van der Waals surface area contributed by atoms with Crippen molar-refractivity contribution in [2.24, 2.45) is 0 Å². The Morgan fingerprint density at radius 2 is 1.96 bits per heavy atom. The fraction of sp³-hybridized carbons (Fsp3) is 0.167. The SMILES string of the molecule is CC(c1ccc(-n2cncn2)cc1)N(C)C(=O)c1ccc(Br)cc1Cl. The van der Waals surface area contributed by atoms with Crippen molar-refractivity contribution in [2.75, 3.05) is 7.05 Å². The molecule has 0 fully saturated rings. The summed E-state index contributed by atoms with van der Waals surface area (Å²) in [6.07, 6.45) is 3.13. The number of amides is 1. The van der Waals surface area contributed by atoms with Gasteiger partial charge in [0.25, 0.3) is 5.91 Å². The van der Waals surface area contributed by atoms with E-state index in [-0.39, 0.29) is 11.9 Å². The Hall–Kier alpha value is -2.18. The second kappa shape index (κ2) is 7.37. The first-order valence-corrected chi connectivity index (χ1v) is 8.81. The third-order valence-electron chi connectivity index (χ3n) is 4.12. The summed E-state index contributed by atoms with van der Waals surface area (Å²) in [5.74, 6) is -0.120. The fourth-order valence-corrected chi connectivity index (χ4v) is 3.25. The van der Waals surface area contributed by atoms with Gasteiger partial charge in [0.05, 0.1) is 22.3 Å². The van der Waals surface area contributed by atoms with Gasteiger partial charge in [0, 0.05) is 11.5 Å². The third kappa shape index (κ3) is 3.75. The van der Waals surface area contributed by atoms with Crippen molar-refractivity contribution in [1.82, 2.24) is 19.7 Å². The van der Waals surface area contributed by atoms with Gasteiger partial charge in [0.2, 0.25) is 0 Å². The first-order chi connectivity index (χ1) is 12.0. The van der Waals surface area contributed by atoms with Gasteiger partial charge >= 0.3 is 0 Å². The molecule has 5 nitrogen and oxygen atoms in total. The number of aromatic nitrogens is 3. The summed E-state index contributed by atoms with van der Waals surface area (Å²) in [4.78, 5) is 18.4. The second-order valence-corrected chi connectivity index (χ2v) is 6.97. The molecule has 1 atom stereocenters. The lowest BCUT2D eigenvalue weighted by molar-refractivity contribution is 0.0743. The molecule has 2 aromatic carbocycles. The highest BCUT2D eigenvalue weighted by molar-refractivity contribution is 9.10. The molecule has 128 valence electrons. The second-order valence-electron chi connectivity index (χ2n) is 5.65. The maximum atomic E-state index is 12.7. The normalized spacial score (nSPS) is 12.0. The van der Waals surface area contributed by atoms with Gasteiger partial charge in [-0.15, -0.1) is 0 Å². The highest BCUT2D eigenvalue weighted by atomic mass is 79.9. The Balaban J connectivity index is 1.79. The molecule has 0 bridgehead atoms. The molecule has 0 radical (unpaired) electrons. The molecule has 1 heterocycles. The van der Waals surface area contributed by atoms with Crippen LogP contribution in [0.15, 0.2) is 59.6 Å². The molecular formula is C18H16BrClN4O. The average molecular weight is 420 g/mol. The number of hydrogen-bond donors (Lipinski definition) is 0. The summed E-state index contributed by atoms with van der Waals surface area (Å²) < 4.78 is 2.53. The maximum absolute atomic E-state index is 12.7. The van der Waals surface area contributed by atoms with Crippen molar-refractivity contribution in [1.29, 1.82) is 0 Å². The average Bonchev–Trinajstić information content (AvgIpc) is 3.15. The van der Waals surface area contributed by atoms with Crippen LogP contribution in [0.25, 0.3) is 5.69 Å². The standard InChI is InChI=1S/C18H16BrClN4O/c1-12(13-3-6-15(7-4-13)24-11-21-10-22-24)23(2)18(25)16-8-5-14(19)9-17(16)20/h3-12H,1-2H3. The Morgan fingerprint density at radius 3 is 2.56 bits per heavy atom. The zero-order valence-corrected chi connectivity index (χ0v) is 16.1. The lowest BCUT2D eigenvalue weighted by atomic mass is 10.1. The van der Waals surface area contributed by atoms with Crippen molar-refractivity contribution in [2.45, 2.75) is 13.0 Å². The number of rotatable bonds is 4. The summed E-state index contributed by atoms with van der Waals surface area (Å²) >= 11 is 9.55. The predicted octanol–water partition coefficient (Wildman–Crippen LogP) is 4.52. The summed E-state index contributed by atoms with van der Waals surface area (Å²) in [5.41, 5.74) is 2.42. The number of hydrogen-bond acceptors (Lipinski definition) is 3. The van der Waals surface area contributed by atoms with E-state index in [9.17, 15) is 4.79 Å². The molecule has 1 amide bonds. The molecule has 3 aromatic rings. The molecule has 3 rings (SSSR count). The molecule has 1 aromatic heterocycles. The van der Waals surface area contributed by atoms with E-state index in [4.69, 9.17) is 11.6 Å². The first-order valence-electron chi connectivity index (χ1n) is 7.64. The molecular weight excluding hydrogens is 404 g/mol. The van der Waals surface area contributed by atoms with E-state index in [2.05, 4.69) is 26.0 Å². The molecule has 0 N–H and O–H groups in total. The lowest BCUT2D eigenvalue weighted by Gasteiger charge is -2.26. The van der Waals surface area contributed by atoms with Crippen LogP contribution < -0.4 is 0 Å². The molecule has 0 spiro atoms. The van der Waals surface area contributed by atoms with Crippen LogP contribution in [0.1, 0.15) is 28.9 Å². The Kier molecular flexibility index (Phi) is 5.20. The monoisotopic (exact) mass is 418 g/mol. The predicted molar refractivity (Wildman–Crippen MR) is 101 cm³/mol. The van der Waals surface area contributed by atoms with Gasteiger partial charge in [-0.2, -0.15) is 5.10 Å². The highest BCUT2D eigenvalue weighted by Crippen LogP contribution is 2.26. The van der Waals surface area contributed by atoms with Gasteiger partial charge in [-0.3, -0.25) is 4.79 Å². The number of nitrogens with zero attached hydrogens (tertiary/aromatic N) is 4. The van der Waals surface area contributed by atoms with Crippen LogP contribution in [0.4, 0.5) is 0 Å². The minimum absolute atomic E-state index is 0.1000. The zero-order chi connectivity index (χ0) is 18.0. The van der Waals surface area contributed by atoms with Gasteiger partial charge < -0.3 is 4.90 Å². The summed E-state index contributed by atoms with van der Waals surface area (Å²) in [6, 6.07) is 13.0. The summed E-state index contributed by atoms with van der Waals surface area (Å²) in [6.45, 7) is 1.98. The molecule has 25 heavy (non-hydrogen) atoms. The Morgan fingerprint density at radius 1 is 1.24 bits per heavy atom. The number of halogens is 2. The highest BCUT2D eigenvalue weighted by Gasteiger charge is 2.21. The topological polar surface area (TPSA) is 51.0 Å². The van der Waals surface area contributed by atoms with Gasteiger partial charge in [0.1, 0.15) is 12.7 Å². The van der Waals surface area contributed by atoms with E-state index in [1.807, 2.05) is 37.3 Å². The van der Waals surface area contributed by atoms with Crippen molar-refractivity contribution in [3.8, 4) is 5.69 Å². The van der Waals surface area contributed by atoms with E-state index in [0.717, 1.165) is 15.7 Å². The van der Waals surface area contributed by atoms with Crippen LogP contribution in [-0.2, 0) is 0 Å². The molecule has 0 aliphatic rings. The van der Waals surface area contributed by atoms with E-state index >= 15 is 0 Å². The lowest BCUT2D eigenvalue weighted by Crippen LogP contribution is -2.29.